The Bertz CT molecular complexity index is 974. The van der Waals surface area contributed by atoms with Crippen molar-refractivity contribution in [1.82, 2.24) is 4.90 Å². The van der Waals surface area contributed by atoms with Crippen LogP contribution in [0.1, 0.15) is 33.1 Å². The fraction of sp³-hybridized carbons (Fsp3) is 0.421. The van der Waals surface area contributed by atoms with E-state index in [-0.39, 0.29) is 4.90 Å². The van der Waals surface area contributed by atoms with E-state index in [4.69, 9.17) is 5.14 Å². The molecule has 2 fully saturated rings. The van der Waals surface area contributed by atoms with Crippen molar-refractivity contribution >= 4 is 44.5 Å². The zero-order valence-electron chi connectivity index (χ0n) is 16.2. The normalized spacial score (nSPS) is 22.9. The second kappa shape index (κ2) is 8.29. The van der Waals surface area contributed by atoms with Gasteiger partial charge in [-0.25, -0.2) is 13.6 Å². The molecule has 0 aromatic heterocycles. The van der Waals surface area contributed by atoms with Crippen molar-refractivity contribution in [3.05, 3.63) is 34.7 Å². The number of carbonyl (C=O) groups is 3. The molecule has 1 aliphatic carbocycles. The van der Waals surface area contributed by atoms with Crippen LogP contribution in [0.3, 0.4) is 0 Å². The number of anilines is 1. The summed E-state index contributed by atoms with van der Waals surface area (Å²) in [5.41, 5.74) is 1.34. The number of nitrogens with one attached hydrogen (secondary N) is 1. The SMILES string of the molecule is CC1CC(=C2SC(=O)N(CC(=O)Nc3ccc(S(N)(=O)=O)cc3)C2=O)CC(C)C1. The molecule has 8 nitrogen and oxygen atoms in total. The molecule has 1 aromatic carbocycles. The van der Waals surface area contributed by atoms with Crippen molar-refractivity contribution < 1.29 is 22.8 Å². The van der Waals surface area contributed by atoms with Gasteiger partial charge in [0, 0.05) is 5.69 Å². The van der Waals surface area contributed by atoms with E-state index in [0.29, 0.717) is 22.4 Å². The van der Waals surface area contributed by atoms with Crippen LogP contribution in [0.2, 0.25) is 0 Å². The molecule has 29 heavy (non-hydrogen) atoms. The van der Waals surface area contributed by atoms with Gasteiger partial charge in [0.25, 0.3) is 11.1 Å². The zero-order chi connectivity index (χ0) is 21.3. The highest BCUT2D eigenvalue weighted by molar-refractivity contribution is 8.18. The van der Waals surface area contributed by atoms with Crippen molar-refractivity contribution in [3.63, 3.8) is 0 Å². The lowest BCUT2D eigenvalue weighted by molar-refractivity contribution is -0.127. The van der Waals surface area contributed by atoms with E-state index in [1.165, 1.54) is 24.3 Å². The topological polar surface area (TPSA) is 127 Å². The number of sulfonamides is 1. The molecule has 0 bridgehead atoms. The average molecular weight is 438 g/mol. The minimum atomic E-state index is -3.82. The fourth-order valence-corrected chi connectivity index (χ4v) is 5.24. The minimum absolute atomic E-state index is 0.0796. The Hall–Kier alpha value is -2.17. The van der Waals surface area contributed by atoms with E-state index in [2.05, 4.69) is 19.2 Å². The lowest BCUT2D eigenvalue weighted by atomic mass is 9.80. The highest BCUT2D eigenvalue weighted by Gasteiger charge is 2.39. The molecule has 3 N–H and O–H groups in total. The molecule has 3 amide bonds. The van der Waals surface area contributed by atoms with Crippen LogP contribution in [0.5, 0.6) is 0 Å². The Labute approximate surface area is 173 Å². The van der Waals surface area contributed by atoms with Crippen LogP contribution in [-0.2, 0) is 19.6 Å². The lowest BCUT2D eigenvalue weighted by Crippen LogP contribution is -2.36. The molecule has 10 heteroatoms. The maximum Gasteiger partial charge on any atom is 0.294 e. The largest absolute Gasteiger partial charge is 0.325 e. The molecule has 3 rings (SSSR count). The van der Waals surface area contributed by atoms with Gasteiger partial charge in [-0.3, -0.25) is 19.3 Å². The first-order chi connectivity index (χ1) is 13.5. The van der Waals surface area contributed by atoms with Gasteiger partial charge in [0.2, 0.25) is 15.9 Å². The number of amides is 3. The molecule has 156 valence electrons. The molecule has 1 saturated carbocycles. The molecule has 2 atom stereocenters. The quantitative estimate of drug-likeness (QED) is 0.697. The monoisotopic (exact) mass is 437 g/mol. The van der Waals surface area contributed by atoms with Crippen LogP contribution < -0.4 is 10.5 Å². The second-order valence-electron chi connectivity index (χ2n) is 7.66. The van der Waals surface area contributed by atoms with Gasteiger partial charge in [-0.2, -0.15) is 0 Å². The molecular formula is C19H23N3O5S2. The number of nitrogens with two attached hydrogens (primary N) is 1. The number of nitrogens with zero attached hydrogens (tertiary/aromatic N) is 1. The van der Waals surface area contributed by atoms with E-state index in [1.54, 1.807) is 0 Å². The van der Waals surface area contributed by atoms with E-state index < -0.39 is 33.6 Å². The second-order valence-corrected chi connectivity index (χ2v) is 10.2. The Morgan fingerprint density at radius 3 is 2.31 bits per heavy atom. The molecule has 1 aromatic rings. The van der Waals surface area contributed by atoms with Gasteiger partial charge in [-0.15, -0.1) is 0 Å². The van der Waals surface area contributed by atoms with Crippen LogP contribution in [-0.4, -0.2) is 36.9 Å². The van der Waals surface area contributed by atoms with Crippen molar-refractivity contribution in [2.75, 3.05) is 11.9 Å². The molecule has 2 aliphatic rings. The van der Waals surface area contributed by atoms with Gasteiger partial charge in [0.15, 0.2) is 0 Å². The Balaban J connectivity index is 1.68. The molecule has 1 saturated heterocycles. The number of imide groups is 1. The Morgan fingerprint density at radius 1 is 1.17 bits per heavy atom. The number of thioether (sulfide) groups is 1. The standard InChI is InChI=1S/C19H23N3O5S2/c1-11-7-12(2)9-13(8-11)17-18(24)22(19(25)28-17)10-16(23)21-14-3-5-15(6-4-14)29(20,26)27/h3-6,11-12H,7-10H2,1-2H3,(H,21,23)(H2,20,26,27). The van der Waals surface area contributed by atoms with Crippen molar-refractivity contribution in [3.8, 4) is 0 Å². The summed E-state index contributed by atoms with van der Waals surface area (Å²) in [6.45, 7) is 3.87. The minimum Gasteiger partial charge on any atom is -0.325 e. The molecule has 2 unspecified atom stereocenters. The number of rotatable bonds is 4. The highest BCUT2D eigenvalue weighted by atomic mass is 32.2. The third-order valence-electron chi connectivity index (χ3n) is 4.93. The summed E-state index contributed by atoms with van der Waals surface area (Å²) in [6, 6.07) is 5.30. The predicted octanol–water partition coefficient (Wildman–Crippen LogP) is 2.68. The Kier molecular flexibility index (Phi) is 6.16. The summed E-state index contributed by atoms with van der Waals surface area (Å²) >= 11 is 0.902. The van der Waals surface area contributed by atoms with Gasteiger partial charge < -0.3 is 5.32 Å². The van der Waals surface area contributed by atoms with Gasteiger partial charge >= 0.3 is 0 Å². The maximum absolute atomic E-state index is 12.7. The number of hydrogen-bond acceptors (Lipinski definition) is 6. The molecule has 0 radical (unpaired) electrons. The smallest absolute Gasteiger partial charge is 0.294 e. The first-order valence-corrected chi connectivity index (χ1v) is 11.6. The summed E-state index contributed by atoms with van der Waals surface area (Å²) in [4.78, 5) is 38.7. The van der Waals surface area contributed by atoms with Gasteiger partial charge in [-0.05, 0) is 72.7 Å². The van der Waals surface area contributed by atoms with E-state index >= 15 is 0 Å². The van der Waals surface area contributed by atoms with E-state index in [0.717, 1.165) is 41.5 Å². The molecular weight excluding hydrogens is 414 g/mol. The van der Waals surface area contributed by atoms with Crippen molar-refractivity contribution in [2.45, 2.75) is 38.0 Å². The molecule has 1 aliphatic heterocycles. The van der Waals surface area contributed by atoms with Crippen LogP contribution in [0.25, 0.3) is 0 Å². The number of hydrogen-bond donors (Lipinski definition) is 2. The first-order valence-electron chi connectivity index (χ1n) is 9.23. The van der Waals surface area contributed by atoms with Crippen molar-refractivity contribution in [2.24, 2.45) is 17.0 Å². The van der Waals surface area contributed by atoms with Crippen LogP contribution in [0.4, 0.5) is 10.5 Å². The van der Waals surface area contributed by atoms with E-state index in [1.807, 2.05) is 0 Å². The maximum atomic E-state index is 12.7. The number of benzene rings is 1. The zero-order valence-corrected chi connectivity index (χ0v) is 17.8. The molecule has 0 spiro atoms. The van der Waals surface area contributed by atoms with Gasteiger partial charge in [-0.1, -0.05) is 13.8 Å². The first kappa shape index (κ1) is 21.5. The van der Waals surface area contributed by atoms with Gasteiger partial charge in [0.05, 0.1) is 9.80 Å². The number of primary sulfonamides is 1. The molecule has 1 heterocycles. The lowest BCUT2D eigenvalue weighted by Gasteiger charge is -2.27. The average Bonchev–Trinajstić information content (AvgIpc) is 2.89. The summed E-state index contributed by atoms with van der Waals surface area (Å²) in [5.74, 6) is -0.0480. The summed E-state index contributed by atoms with van der Waals surface area (Å²) < 4.78 is 22.5. The fourth-order valence-electron chi connectivity index (χ4n) is 3.79. The number of allylic oxidation sites excluding steroid dienone is 1. The summed E-state index contributed by atoms with van der Waals surface area (Å²) in [7, 11) is -3.82. The third-order valence-corrected chi connectivity index (χ3v) is 6.92. The summed E-state index contributed by atoms with van der Waals surface area (Å²) in [5, 5.41) is 7.13. The van der Waals surface area contributed by atoms with E-state index in [9.17, 15) is 22.8 Å². The van der Waals surface area contributed by atoms with Gasteiger partial charge in [0.1, 0.15) is 6.54 Å². The Morgan fingerprint density at radius 2 is 1.76 bits per heavy atom. The highest BCUT2D eigenvalue weighted by Crippen LogP contribution is 2.41. The predicted molar refractivity (Wildman–Crippen MR) is 110 cm³/mol. The van der Waals surface area contributed by atoms with Crippen LogP contribution in [0.15, 0.2) is 39.6 Å². The number of carbonyl (C=O) groups excluding carboxylic acids is 3. The third kappa shape index (κ3) is 5.06. The van der Waals surface area contributed by atoms with Crippen molar-refractivity contribution in [1.29, 1.82) is 0 Å². The van der Waals surface area contributed by atoms with Crippen LogP contribution >= 0.6 is 11.8 Å². The summed E-state index contributed by atoms with van der Waals surface area (Å²) in [6.07, 6.45) is 2.68. The van der Waals surface area contributed by atoms with Crippen LogP contribution in [0, 0.1) is 11.8 Å².